The number of carbonyl (C=O) groups is 1. The predicted octanol–water partition coefficient (Wildman–Crippen LogP) is 1.69. The van der Waals surface area contributed by atoms with E-state index in [2.05, 4.69) is 36.4 Å². The van der Waals surface area contributed by atoms with Crippen LogP contribution in [-0.2, 0) is 11.2 Å². The molecule has 0 fully saturated rings. The highest BCUT2D eigenvalue weighted by atomic mass is 79.9. The van der Waals surface area contributed by atoms with Gasteiger partial charge in [0.25, 0.3) is 0 Å². The van der Waals surface area contributed by atoms with Gasteiger partial charge in [0.05, 0.1) is 13.0 Å². The Hall–Kier alpha value is -1.89. The molecule has 0 aliphatic rings. The lowest BCUT2D eigenvalue weighted by atomic mass is 10.3. The average Bonchev–Trinajstić information content (AvgIpc) is 2.92. The van der Waals surface area contributed by atoms with Crippen LogP contribution in [0.3, 0.4) is 0 Å². The molecule has 0 atom stereocenters. The van der Waals surface area contributed by atoms with Crippen LogP contribution in [0.15, 0.2) is 35.1 Å². The number of aromatic nitrogens is 3. The van der Waals surface area contributed by atoms with E-state index in [4.69, 9.17) is 4.74 Å². The first-order valence-electron chi connectivity index (χ1n) is 6.23. The first-order valence-corrected chi connectivity index (χ1v) is 7.02. The zero-order valence-corrected chi connectivity index (χ0v) is 12.4. The molecule has 2 N–H and O–H groups in total. The van der Waals surface area contributed by atoms with Gasteiger partial charge in [-0.1, -0.05) is 22.0 Å². The molecule has 6 nitrogen and oxygen atoms in total. The molecule has 0 spiro atoms. The zero-order valence-electron chi connectivity index (χ0n) is 10.8. The molecule has 2 aromatic rings. The molecule has 0 saturated heterocycles. The maximum atomic E-state index is 11.6. The Bertz CT molecular complexity index is 545. The number of aromatic amines is 1. The van der Waals surface area contributed by atoms with Crippen molar-refractivity contribution in [2.24, 2.45) is 0 Å². The van der Waals surface area contributed by atoms with E-state index < -0.39 is 0 Å². The van der Waals surface area contributed by atoms with Gasteiger partial charge in [0, 0.05) is 17.4 Å². The van der Waals surface area contributed by atoms with Gasteiger partial charge in [0.1, 0.15) is 17.9 Å². The molecule has 0 saturated carbocycles. The zero-order chi connectivity index (χ0) is 14.2. The summed E-state index contributed by atoms with van der Waals surface area (Å²) >= 11 is 3.36. The van der Waals surface area contributed by atoms with Gasteiger partial charge in [-0.15, -0.1) is 0 Å². The molecule has 0 aliphatic carbocycles. The van der Waals surface area contributed by atoms with Crippen LogP contribution in [0.2, 0.25) is 0 Å². The summed E-state index contributed by atoms with van der Waals surface area (Å²) < 4.78 is 6.44. The molecule has 7 heteroatoms. The third kappa shape index (κ3) is 5.00. The lowest BCUT2D eigenvalue weighted by Gasteiger charge is -2.07. The lowest BCUT2D eigenvalue weighted by molar-refractivity contribution is -0.121. The summed E-state index contributed by atoms with van der Waals surface area (Å²) in [7, 11) is 0. The number of rotatable bonds is 7. The average molecular weight is 339 g/mol. The van der Waals surface area contributed by atoms with Crippen LogP contribution >= 0.6 is 15.9 Å². The smallest absolute Gasteiger partial charge is 0.223 e. The summed E-state index contributed by atoms with van der Waals surface area (Å²) in [5.74, 6) is 1.46. The number of benzene rings is 1. The standard InChI is InChI=1S/C13H15BrN4O2/c14-10-2-1-3-11(8-10)20-7-5-13(19)15-6-4-12-16-9-17-18-12/h1-3,8-9H,4-7H2,(H,15,19)(H,16,17,18). The van der Waals surface area contributed by atoms with Gasteiger partial charge in [-0.25, -0.2) is 4.98 Å². The number of H-pyrrole nitrogens is 1. The second kappa shape index (κ2) is 7.64. The summed E-state index contributed by atoms with van der Waals surface area (Å²) in [6.07, 6.45) is 2.41. The van der Waals surface area contributed by atoms with Gasteiger partial charge in [-0.3, -0.25) is 9.89 Å². The fourth-order valence-electron chi connectivity index (χ4n) is 1.58. The minimum Gasteiger partial charge on any atom is -0.493 e. The number of halogens is 1. The molecule has 1 aromatic heterocycles. The van der Waals surface area contributed by atoms with Crippen molar-refractivity contribution in [2.45, 2.75) is 12.8 Å². The molecule has 1 aromatic carbocycles. The number of carbonyl (C=O) groups excluding carboxylic acids is 1. The largest absolute Gasteiger partial charge is 0.493 e. The van der Waals surface area contributed by atoms with Crippen molar-refractivity contribution in [1.29, 1.82) is 0 Å². The SMILES string of the molecule is O=C(CCOc1cccc(Br)c1)NCCc1ncn[nH]1. The van der Waals surface area contributed by atoms with Crippen LogP contribution in [0.5, 0.6) is 5.75 Å². The fraction of sp³-hybridized carbons (Fsp3) is 0.308. The van der Waals surface area contributed by atoms with Crippen LogP contribution in [0.25, 0.3) is 0 Å². The Morgan fingerprint density at radius 1 is 1.45 bits per heavy atom. The van der Waals surface area contributed by atoms with Gasteiger partial charge in [-0.05, 0) is 18.2 Å². The fourth-order valence-corrected chi connectivity index (χ4v) is 1.96. The van der Waals surface area contributed by atoms with E-state index in [0.717, 1.165) is 16.0 Å². The van der Waals surface area contributed by atoms with Gasteiger partial charge in [0.2, 0.25) is 5.91 Å². The second-order valence-electron chi connectivity index (χ2n) is 4.09. The van der Waals surface area contributed by atoms with E-state index in [0.29, 0.717) is 26.0 Å². The number of nitrogens with one attached hydrogen (secondary N) is 2. The monoisotopic (exact) mass is 338 g/mol. The highest BCUT2D eigenvalue weighted by Crippen LogP contribution is 2.17. The van der Waals surface area contributed by atoms with E-state index in [1.807, 2.05) is 24.3 Å². The maximum absolute atomic E-state index is 11.6. The van der Waals surface area contributed by atoms with Crippen LogP contribution < -0.4 is 10.1 Å². The quantitative estimate of drug-likeness (QED) is 0.805. The van der Waals surface area contributed by atoms with E-state index in [-0.39, 0.29) is 5.91 Å². The predicted molar refractivity (Wildman–Crippen MR) is 77.4 cm³/mol. The number of amides is 1. The number of ether oxygens (including phenoxy) is 1. The van der Waals surface area contributed by atoms with E-state index in [1.54, 1.807) is 0 Å². The molecular formula is C13H15BrN4O2. The van der Waals surface area contributed by atoms with Gasteiger partial charge in [0.15, 0.2) is 0 Å². The Kier molecular flexibility index (Phi) is 5.55. The minimum absolute atomic E-state index is 0.0421. The van der Waals surface area contributed by atoms with Gasteiger partial charge < -0.3 is 10.1 Å². The number of hydrogen-bond donors (Lipinski definition) is 2. The molecule has 1 amide bonds. The van der Waals surface area contributed by atoms with Crippen LogP contribution in [0, 0.1) is 0 Å². The van der Waals surface area contributed by atoms with Crippen molar-refractivity contribution in [2.75, 3.05) is 13.2 Å². The molecule has 0 aliphatic heterocycles. The third-order valence-corrected chi connectivity index (χ3v) is 3.04. The minimum atomic E-state index is -0.0421. The van der Waals surface area contributed by atoms with Crippen LogP contribution in [-0.4, -0.2) is 34.2 Å². The van der Waals surface area contributed by atoms with Crippen molar-refractivity contribution in [3.63, 3.8) is 0 Å². The topological polar surface area (TPSA) is 79.9 Å². The molecular weight excluding hydrogens is 324 g/mol. The number of hydrogen-bond acceptors (Lipinski definition) is 4. The van der Waals surface area contributed by atoms with Crippen LogP contribution in [0.4, 0.5) is 0 Å². The van der Waals surface area contributed by atoms with Crippen LogP contribution in [0.1, 0.15) is 12.2 Å². The molecule has 0 unspecified atom stereocenters. The second-order valence-corrected chi connectivity index (χ2v) is 5.00. The molecule has 0 bridgehead atoms. The Balaban J connectivity index is 1.60. The van der Waals surface area contributed by atoms with E-state index >= 15 is 0 Å². The van der Waals surface area contributed by atoms with E-state index in [9.17, 15) is 4.79 Å². The maximum Gasteiger partial charge on any atom is 0.223 e. The Labute approximate surface area is 125 Å². The lowest BCUT2D eigenvalue weighted by Crippen LogP contribution is -2.27. The van der Waals surface area contributed by atoms with Crippen molar-refractivity contribution in [3.8, 4) is 5.75 Å². The Morgan fingerprint density at radius 2 is 2.35 bits per heavy atom. The summed E-state index contributed by atoms with van der Waals surface area (Å²) in [4.78, 5) is 15.6. The highest BCUT2D eigenvalue weighted by molar-refractivity contribution is 9.10. The number of nitrogens with zero attached hydrogens (tertiary/aromatic N) is 2. The summed E-state index contributed by atoms with van der Waals surface area (Å²) in [6.45, 7) is 0.884. The normalized spacial score (nSPS) is 10.2. The molecule has 1 heterocycles. The molecule has 0 radical (unpaired) electrons. The molecule has 20 heavy (non-hydrogen) atoms. The van der Waals surface area contributed by atoms with Gasteiger partial charge in [-0.2, -0.15) is 5.10 Å². The van der Waals surface area contributed by atoms with Crippen molar-refractivity contribution in [3.05, 3.63) is 40.9 Å². The molecule has 106 valence electrons. The first-order chi connectivity index (χ1) is 9.74. The van der Waals surface area contributed by atoms with Gasteiger partial charge >= 0.3 is 0 Å². The summed E-state index contributed by atoms with van der Waals surface area (Å²) in [5, 5.41) is 9.28. The van der Waals surface area contributed by atoms with E-state index in [1.165, 1.54) is 6.33 Å². The summed E-state index contributed by atoms with van der Waals surface area (Å²) in [5.41, 5.74) is 0. The van der Waals surface area contributed by atoms with Crippen molar-refractivity contribution in [1.82, 2.24) is 20.5 Å². The van der Waals surface area contributed by atoms with Crippen molar-refractivity contribution < 1.29 is 9.53 Å². The molecule has 2 rings (SSSR count). The van der Waals surface area contributed by atoms with Crippen molar-refractivity contribution >= 4 is 21.8 Å². The summed E-state index contributed by atoms with van der Waals surface area (Å²) in [6, 6.07) is 7.52. The third-order valence-electron chi connectivity index (χ3n) is 2.54. The highest BCUT2D eigenvalue weighted by Gasteiger charge is 2.03. The Morgan fingerprint density at radius 3 is 3.10 bits per heavy atom. The first kappa shape index (κ1) is 14.5.